The number of ether oxygens (including phenoxy) is 1. The van der Waals surface area contributed by atoms with Crippen molar-refractivity contribution in [3.05, 3.63) is 76.2 Å². The van der Waals surface area contributed by atoms with E-state index in [1.165, 1.54) is 18.9 Å². The third-order valence-electron chi connectivity index (χ3n) is 4.62. The molecule has 0 aliphatic carbocycles. The molecule has 0 fully saturated rings. The van der Waals surface area contributed by atoms with Gasteiger partial charge in [0.05, 0.1) is 24.1 Å². The van der Waals surface area contributed by atoms with Gasteiger partial charge in [0.2, 0.25) is 5.91 Å². The molecule has 4 rings (SSSR count). The lowest BCUT2D eigenvalue weighted by molar-refractivity contribution is -0.113. The van der Waals surface area contributed by atoms with E-state index in [0.29, 0.717) is 33.0 Å². The van der Waals surface area contributed by atoms with Crippen LogP contribution in [0.2, 0.25) is 5.02 Å². The van der Waals surface area contributed by atoms with Gasteiger partial charge >= 0.3 is 0 Å². The Morgan fingerprint density at radius 3 is 2.70 bits per heavy atom. The largest absolute Gasteiger partial charge is 0.507 e. The molecule has 2 N–H and O–H groups in total. The van der Waals surface area contributed by atoms with Crippen molar-refractivity contribution in [3.8, 4) is 28.6 Å². The molecule has 0 saturated heterocycles. The normalized spacial score (nSPS) is 10.8. The maximum Gasteiger partial charge on any atom is 0.234 e. The quantitative estimate of drug-likeness (QED) is 0.286. The molecule has 3 aromatic carbocycles. The van der Waals surface area contributed by atoms with Crippen molar-refractivity contribution in [1.82, 2.24) is 14.8 Å². The number of methoxy groups -OCH3 is 1. The first-order valence-corrected chi connectivity index (χ1v) is 11.9. The number of phenols is 1. The van der Waals surface area contributed by atoms with Gasteiger partial charge in [-0.2, -0.15) is 0 Å². The molecule has 10 heteroatoms. The molecule has 4 aromatic rings. The molecule has 0 spiro atoms. The summed E-state index contributed by atoms with van der Waals surface area (Å²) in [6.45, 7) is 0. The summed E-state index contributed by atoms with van der Waals surface area (Å²) >= 11 is 10.7. The fraction of sp³-hybridized carbons (Fsp3) is 0.0870. The Labute approximate surface area is 207 Å². The predicted octanol–water partition coefficient (Wildman–Crippen LogP) is 5.80. The van der Waals surface area contributed by atoms with Gasteiger partial charge in [0.1, 0.15) is 11.5 Å². The van der Waals surface area contributed by atoms with E-state index in [4.69, 9.17) is 16.3 Å². The van der Waals surface area contributed by atoms with Crippen molar-refractivity contribution < 1.29 is 14.6 Å². The molecule has 0 atom stereocenters. The zero-order valence-electron chi connectivity index (χ0n) is 17.3. The Balaban J connectivity index is 1.62. The van der Waals surface area contributed by atoms with Crippen LogP contribution in [0, 0.1) is 0 Å². The minimum Gasteiger partial charge on any atom is -0.507 e. The monoisotopic (exact) mass is 544 g/mol. The highest BCUT2D eigenvalue weighted by atomic mass is 79.9. The summed E-state index contributed by atoms with van der Waals surface area (Å²) in [4.78, 5) is 12.7. The molecule has 7 nitrogen and oxygen atoms in total. The Kier molecular flexibility index (Phi) is 7.22. The van der Waals surface area contributed by atoms with Gasteiger partial charge in [-0.3, -0.25) is 9.36 Å². The standard InChI is InChI=1S/C23H18BrClN4O3S/c1-32-20-10-8-15(25)12-18(20)26-21(31)13-33-23-28-27-22(17-11-14(24)7-9-19(17)30)29(23)16-5-3-2-4-6-16/h2-12,30H,13H2,1H3,(H,26,31). The molecule has 33 heavy (non-hydrogen) atoms. The number of hydrogen-bond donors (Lipinski definition) is 2. The zero-order valence-corrected chi connectivity index (χ0v) is 20.5. The van der Waals surface area contributed by atoms with E-state index in [-0.39, 0.29) is 17.4 Å². The minimum absolute atomic E-state index is 0.0742. The molecule has 0 aliphatic rings. The molecule has 0 bridgehead atoms. The summed E-state index contributed by atoms with van der Waals surface area (Å²) < 4.78 is 7.88. The lowest BCUT2D eigenvalue weighted by atomic mass is 10.2. The van der Waals surface area contributed by atoms with Crippen molar-refractivity contribution in [2.24, 2.45) is 0 Å². The van der Waals surface area contributed by atoms with E-state index in [9.17, 15) is 9.90 Å². The highest BCUT2D eigenvalue weighted by Crippen LogP contribution is 2.35. The van der Waals surface area contributed by atoms with E-state index in [1.54, 1.807) is 41.0 Å². The average Bonchev–Trinajstić information content (AvgIpc) is 3.24. The van der Waals surface area contributed by atoms with Gasteiger partial charge < -0.3 is 15.2 Å². The van der Waals surface area contributed by atoms with Gasteiger partial charge in [0, 0.05) is 15.2 Å². The Hall–Kier alpha value is -3.01. The van der Waals surface area contributed by atoms with Gasteiger partial charge in [-0.25, -0.2) is 0 Å². The van der Waals surface area contributed by atoms with Crippen molar-refractivity contribution >= 4 is 50.9 Å². The average molecular weight is 546 g/mol. The van der Waals surface area contributed by atoms with Crippen LogP contribution in [-0.2, 0) is 4.79 Å². The van der Waals surface area contributed by atoms with Crippen molar-refractivity contribution in [3.63, 3.8) is 0 Å². The second-order valence-electron chi connectivity index (χ2n) is 6.82. The SMILES string of the molecule is COc1ccc(Cl)cc1NC(=O)CSc1nnc(-c2cc(Br)ccc2O)n1-c1ccccc1. The van der Waals surface area contributed by atoms with E-state index >= 15 is 0 Å². The third kappa shape index (κ3) is 5.32. The number of carbonyl (C=O) groups is 1. The maximum absolute atomic E-state index is 12.7. The number of halogens is 2. The van der Waals surface area contributed by atoms with E-state index < -0.39 is 0 Å². The highest BCUT2D eigenvalue weighted by molar-refractivity contribution is 9.10. The molecule has 1 aromatic heterocycles. The summed E-state index contributed by atoms with van der Waals surface area (Å²) in [5, 5.41) is 22.8. The number of thioether (sulfide) groups is 1. The van der Waals surface area contributed by atoms with Crippen LogP contribution in [0.1, 0.15) is 0 Å². The number of anilines is 1. The number of aromatic nitrogens is 3. The van der Waals surface area contributed by atoms with E-state index in [0.717, 1.165) is 10.2 Å². The molecular formula is C23H18BrClN4O3S. The summed E-state index contributed by atoms with van der Waals surface area (Å²) in [5.41, 5.74) is 1.80. The van der Waals surface area contributed by atoms with E-state index in [2.05, 4.69) is 31.4 Å². The number of hydrogen-bond acceptors (Lipinski definition) is 6. The van der Waals surface area contributed by atoms with Crippen LogP contribution in [-0.4, -0.2) is 38.6 Å². The smallest absolute Gasteiger partial charge is 0.234 e. The van der Waals surface area contributed by atoms with Crippen LogP contribution >= 0.6 is 39.3 Å². The maximum atomic E-state index is 12.7. The lowest BCUT2D eigenvalue weighted by Gasteiger charge is -2.12. The van der Waals surface area contributed by atoms with Crippen molar-refractivity contribution in [2.75, 3.05) is 18.2 Å². The van der Waals surface area contributed by atoms with Crippen LogP contribution in [0.5, 0.6) is 11.5 Å². The molecular weight excluding hydrogens is 528 g/mol. The number of phenolic OH excluding ortho intramolecular Hbond substituents is 1. The first-order valence-electron chi connectivity index (χ1n) is 9.72. The Bertz CT molecular complexity index is 1300. The summed E-state index contributed by atoms with van der Waals surface area (Å²) in [5.74, 6) is 0.864. The van der Waals surface area contributed by atoms with E-state index in [1.807, 2.05) is 30.3 Å². The molecule has 1 amide bonds. The number of carbonyl (C=O) groups excluding carboxylic acids is 1. The van der Waals surface area contributed by atoms with Gasteiger partial charge in [-0.05, 0) is 48.5 Å². The zero-order chi connectivity index (χ0) is 23.4. The molecule has 0 unspecified atom stereocenters. The van der Waals surface area contributed by atoms with Crippen molar-refractivity contribution in [1.29, 1.82) is 0 Å². The van der Waals surface area contributed by atoms with Crippen LogP contribution in [0.25, 0.3) is 17.1 Å². The second kappa shape index (κ2) is 10.3. The number of nitrogens with zero attached hydrogens (tertiary/aromatic N) is 3. The predicted molar refractivity (Wildman–Crippen MR) is 134 cm³/mol. The Morgan fingerprint density at radius 2 is 1.94 bits per heavy atom. The van der Waals surface area contributed by atoms with Crippen molar-refractivity contribution in [2.45, 2.75) is 5.16 Å². The number of rotatable bonds is 7. The van der Waals surface area contributed by atoms with Gasteiger partial charge in [-0.15, -0.1) is 10.2 Å². The summed E-state index contributed by atoms with van der Waals surface area (Å²) in [6.07, 6.45) is 0. The van der Waals surface area contributed by atoms with Crippen LogP contribution in [0.15, 0.2) is 76.4 Å². The first kappa shape index (κ1) is 23.2. The number of para-hydroxylation sites is 1. The number of nitrogens with one attached hydrogen (secondary N) is 1. The second-order valence-corrected chi connectivity index (χ2v) is 9.11. The van der Waals surface area contributed by atoms with Crippen LogP contribution < -0.4 is 10.1 Å². The topological polar surface area (TPSA) is 89.3 Å². The number of benzene rings is 3. The lowest BCUT2D eigenvalue weighted by Crippen LogP contribution is -2.15. The third-order valence-corrected chi connectivity index (χ3v) is 6.27. The fourth-order valence-electron chi connectivity index (χ4n) is 3.13. The fourth-order valence-corrected chi connectivity index (χ4v) is 4.41. The number of aromatic hydroxyl groups is 1. The van der Waals surface area contributed by atoms with Crippen LogP contribution in [0.3, 0.4) is 0 Å². The molecule has 1 heterocycles. The summed E-state index contributed by atoms with van der Waals surface area (Å²) in [7, 11) is 1.52. The highest BCUT2D eigenvalue weighted by Gasteiger charge is 2.20. The van der Waals surface area contributed by atoms with Crippen LogP contribution in [0.4, 0.5) is 5.69 Å². The Morgan fingerprint density at radius 1 is 1.15 bits per heavy atom. The molecule has 0 saturated carbocycles. The molecule has 0 radical (unpaired) electrons. The summed E-state index contributed by atoms with van der Waals surface area (Å²) in [6, 6.07) is 19.6. The minimum atomic E-state index is -0.255. The molecule has 0 aliphatic heterocycles. The van der Waals surface area contributed by atoms with Gasteiger partial charge in [0.25, 0.3) is 0 Å². The first-order chi connectivity index (χ1) is 16.0. The van der Waals surface area contributed by atoms with Gasteiger partial charge in [0.15, 0.2) is 11.0 Å². The number of amides is 1. The van der Waals surface area contributed by atoms with Gasteiger partial charge in [-0.1, -0.05) is 57.5 Å². The molecule has 168 valence electrons.